The summed E-state index contributed by atoms with van der Waals surface area (Å²) in [5.74, 6) is 2.81. The van der Waals surface area contributed by atoms with Gasteiger partial charge in [-0.25, -0.2) is 4.98 Å². The van der Waals surface area contributed by atoms with Gasteiger partial charge in [0, 0.05) is 12.0 Å². The predicted octanol–water partition coefficient (Wildman–Crippen LogP) is 2.64. The van der Waals surface area contributed by atoms with E-state index in [0.717, 1.165) is 30.1 Å². The fourth-order valence-corrected chi connectivity index (χ4v) is 2.31. The van der Waals surface area contributed by atoms with Crippen LogP contribution in [0.2, 0.25) is 0 Å². The fourth-order valence-electron chi connectivity index (χ4n) is 2.31. The van der Waals surface area contributed by atoms with E-state index in [0.29, 0.717) is 18.4 Å². The van der Waals surface area contributed by atoms with Gasteiger partial charge in [0.1, 0.15) is 5.82 Å². The molecular formula is C15H22N4. The summed E-state index contributed by atoms with van der Waals surface area (Å²) >= 11 is 0. The number of nitrogens with one attached hydrogen (secondary N) is 1. The number of rotatable bonds is 6. The van der Waals surface area contributed by atoms with Gasteiger partial charge in [-0.15, -0.1) is 0 Å². The average molecular weight is 258 g/mol. The Morgan fingerprint density at radius 2 is 1.95 bits per heavy atom. The van der Waals surface area contributed by atoms with Gasteiger partial charge in [-0.1, -0.05) is 44.2 Å². The second kappa shape index (κ2) is 6.48. The number of nitrogens with two attached hydrogens (primary N) is 1. The van der Waals surface area contributed by atoms with Crippen LogP contribution in [0, 0.1) is 11.8 Å². The van der Waals surface area contributed by atoms with Gasteiger partial charge >= 0.3 is 0 Å². The van der Waals surface area contributed by atoms with E-state index in [9.17, 15) is 0 Å². The first kappa shape index (κ1) is 13.7. The maximum atomic E-state index is 5.82. The minimum Gasteiger partial charge on any atom is -0.330 e. The van der Waals surface area contributed by atoms with Crippen molar-refractivity contribution >= 4 is 0 Å². The first-order valence-electron chi connectivity index (χ1n) is 6.85. The maximum Gasteiger partial charge on any atom is 0.181 e. The van der Waals surface area contributed by atoms with Gasteiger partial charge < -0.3 is 5.73 Å². The zero-order chi connectivity index (χ0) is 13.7. The Kier molecular flexibility index (Phi) is 4.68. The molecule has 0 radical (unpaired) electrons. The van der Waals surface area contributed by atoms with Gasteiger partial charge in [-0.05, 0) is 24.8 Å². The summed E-state index contributed by atoms with van der Waals surface area (Å²) in [6.45, 7) is 5.14. The summed E-state index contributed by atoms with van der Waals surface area (Å²) in [7, 11) is 0. The third kappa shape index (κ3) is 3.89. The highest BCUT2D eigenvalue weighted by Gasteiger charge is 2.13. The topological polar surface area (TPSA) is 67.6 Å². The van der Waals surface area contributed by atoms with Crippen LogP contribution in [-0.4, -0.2) is 21.7 Å². The summed E-state index contributed by atoms with van der Waals surface area (Å²) in [5, 5.41) is 7.30. The Bertz CT molecular complexity index is 490. The summed E-state index contributed by atoms with van der Waals surface area (Å²) in [6, 6.07) is 10.0. The predicted molar refractivity (Wildman–Crippen MR) is 77.5 cm³/mol. The molecule has 0 fully saturated rings. The zero-order valence-corrected chi connectivity index (χ0v) is 11.6. The summed E-state index contributed by atoms with van der Waals surface area (Å²) in [5.41, 5.74) is 6.86. The molecule has 1 heterocycles. The smallest absolute Gasteiger partial charge is 0.181 e. The number of nitrogens with zero attached hydrogens (tertiary/aromatic N) is 2. The van der Waals surface area contributed by atoms with E-state index < -0.39 is 0 Å². The lowest BCUT2D eigenvalue weighted by Gasteiger charge is -2.15. The van der Waals surface area contributed by atoms with Crippen molar-refractivity contribution in [2.45, 2.75) is 26.7 Å². The van der Waals surface area contributed by atoms with E-state index in [4.69, 9.17) is 5.73 Å². The van der Waals surface area contributed by atoms with Crippen molar-refractivity contribution < 1.29 is 0 Å². The minimum atomic E-state index is 0.469. The molecule has 1 atom stereocenters. The Balaban J connectivity index is 2.05. The lowest BCUT2D eigenvalue weighted by Crippen LogP contribution is -2.19. The number of aromatic amines is 1. The van der Waals surface area contributed by atoms with Gasteiger partial charge in [0.25, 0.3) is 0 Å². The minimum absolute atomic E-state index is 0.469. The van der Waals surface area contributed by atoms with Crippen LogP contribution in [0.25, 0.3) is 11.4 Å². The molecule has 4 nitrogen and oxygen atoms in total. The van der Waals surface area contributed by atoms with Crippen molar-refractivity contribution in [2.75, 3.05) is 6.54 Å². The van der Waals surface area contributed by atoms with Gasteiger partial charge in [-0.2, -0.15) is 5.10 Å². The van der Waals surface area contributed by atoms with Crippen molar-refractivity contribution in [1.29, 1.82) is 0 Å². The summed E-state index contributed by atoms with van der Waals surface area (Å²) in [6.07, 6.45) is 1.99. The Labute approximate surface area is 114 Å². The van der Waals surface area contributed by atoms with E-state index in [1.807, 2.05) is 30.3 Å². The molecule has 0 spiro atoms. The molecule has 0 aliphatic heterocycles. The van der Waals surface area contributed by atoms with Crippen molar-refractivity contribution in [3.05, 3.63) is 36.2 Å². The van der Waals surface area contributed by atoms with Crippen LogP contribution in [0.15, 0.2) is 30.3 Å². The van der Waals surface area contributed by atoms with Crippen LogP contribution in [0.4, 0.5) is 0 Å². The molecule has 0 saturated carbocycles. The third-order valence-corrected chi connectivity index (χ3v) is 3.18. The van der Waals surface area contributed by atoms with E-state index in [1.54, 1.807) is 0 Å². The van der Waals surface area contributed by atoms with Crippen molar-refractivity contribution in [1.82, 2.24) is 15.2 Å². The second-order valence-electron chi connectivity index (χ2n) is 5.41. The normalized spacial score (nSPS) is 12.8. The first-order valence-corrected chi connectivity index (χ1v) is 6.85. The SMILES string of the molecule is CC(C)C[C@H](CN)Cc1nc(-c2ccccc2)n[nH]1. The van der Waals surface area contributed by atoms with E-state index >= 15 is 0 Å². The number of benzene rings is 1. The monoisotopic (exact) mass is 258 g/mol. The molecule has 0 aliphatic rings. The van der Waals surface area contributed by atoms with Crippen molar-refractivity contribution in [3.63, 3.8) is 0 Å². The molecule has 102 valence electrons. The van der Waals surface area contributed by atoms with Gasteiger partial charge in [0.15, 0.2) is 5.82 Å². The first-order chi connectivity index (χ1) is 9.19. The molecule has 0 aliphatic carbocycles. The van der Waals surface area contributed by atoms with Gasteiger partial charge in [0.2, 0.25) is 0 Å². The van der Waals surface area contributed by atoms with Gasteiger partial charge in [-0.3, -0.25) is 5.10 Å². The molecular weight excluding hydrogens is 236 g/mol. The third-order valence-electron chi connectivity index (χ3n) is 3.18. The number of H-pyrrole nitrogens is 1. The quantitative estimate of drug-likeness (QED) is 0.837. The van der Waals surface area contributed by atoms with Crippen LogP contribution >= 0.6 is 0 Å². The van der Waals surface area contributed by atoms with Crippen LogP contribution in [0.1, 0.15) is 26.1 Å². The van der Waals surface area contributed by atoms with Gasteiger partial charge in [0.05, 0.1) is 0 Å². The summed E-state index contributed by atoms with van der Waals surface area (Å²) < 4.78 is 0. The Morgan fingerprint density at radius 1 is 1.21 bits per heavy atom. The molecule has 1 aromatic heterocycles. The zero-order valence-electron chi connectivity index (χ0n) is 11.6. The molecule has 1 aromatic carbocycles. The Hall–Kier alpha value is -1.68. The standard InChI is InChI=1S/C15H22N4/c1-11(2)8-12(10-16)9-14-17-15(19-18-14)13-6-4-3-5-7-13/h3-7,11-12H,8-10,16H2,1-2H3,(H,17,18,19)/t12-/m0/s1. The van der Waals surface area contributed by atoms with Crippen molar-refractivity contribution in [2.24, 2.45) is 17.6 Å². The van der Waals surface area contributed by atoms with Crippen molar-refractivity contribution in [3.8, 4) is 11.4 Å². The number of aromatic nitrogens is 3. The van der Waals surface area contributed by atoms with Crippen LogP contribution < -0.4 is 5.73 Å². The molecule has 19 heavy (non-hydrogen) atoms. The van der Waals surface area contributed by atoms with Crippen LogP contribution in [0.5, 0.6) is 0 Å². The second-order valence-corrected chi connectivity index (χ2v) is 5.41. The Morgan fingerprint density at radius 3 is 2.58 bits per heavy atom. The largest absolute Gasteiger partial charge is 0.330 e. The van der Waals surface area contributed by atoms with Crippen LogP contribution in [0.3, 0.4) is 0 Å². The lowest BCUT2D eigenvalue weighted by atomic mass is 9.94. The molecule has 4 heteroatoms. The number of hydrogen-bond acceptors (Lipinski definition) is 3. The molecule has 0 unspecified atom stereocenters. The molecule has 2 rings (SSSR count). The van der Waals surface area contributed by atoms with E-state index in [-0.39, 0.29) is 0 Å². The highest BCUT2D eigenvalue weighted by Crippen LogP contribution is 2.17. The van der Waals surface area contributed by atoms with E-state index in [2.05, 4.69) is 29.0 Å². The highest BCUT2D eigenvalue weighted by atomic mass is 15.2. The maximum absolute atomic E-state index is 5.82. The fraction of sp³-hybridized carbons (Fsp3) is 0.467. The van der Waals surface area contributed by atoms with E-state index in [1.165, 1.54) is 0 Å². The molecule has 2 aromatic rings. The molecule has 0 amide bonds. The average Bonchev–Trinajstić information content (AvgIpc) is 2.87. The molecule has 0 bridgehead atoms. The highest BCUT2D eigenvalue weighted by molar-refractivity contribution is 5.53. The molecule has 3 N–H and O–H groups in total. The van der Waals surface area contributed by atoms with Crippen LogP contribution in [-0.2, 0) is 6.42 Å². The number of hydrogen-bond donors (Lipinski definition) is 2. The lowest BCUT2D eigenvalue weighted by molar-refractivity contribution is 0.409. The molecule has 0 saturated heterocycles. The summed E-state index contributed by atoms with van der Waals surface area (Å²) in [4.78, 5) is 4.55.